The number of benzene rings is 3. The van der Waals surface area contributed by atoms with Crippen LogP contribution >= 0.6 is 12.4 Å². The summed E-state index contributed by atoms with van der Waals surface area (Å²) in [5, 5.41) is 12.8. The number of aromatic nitrogens is 4. The van der Waals surface area contributed by atoms with Gasteiger partial charge in [-0.2, -0.15) is 0 Å². The summed E-state index contributed by atoms with van der Waals surface area (Å²) >= 11 is 0. The van der Waals surface area contributed by atoms with Crippen molar-refractivity contribution in [2.24, 2.45) is 5.73 Å². The second kappa shape index (κ2) is 8.59. The number of nitrogens with one attached hydrogen (secondary N) is 1. The van der Waals surface area contributed by atoms with Gasteiger partial charge in [0.15, 0.2) is 17.5 Å². The normalized spacial score (nSPS) is 14.7. The number of hydrogen-bond acceptors (Lipinski definition) is 5. The summed E-state index contributed by atoms with van der Waals surface area (Å²) in [7, 11) is 0. The molecule has 2 aromatic heterocycles. The summed E-state index contributed by atoms with van der Waals surface area (Å²) in [5.41, 5.74) is 13.5. The van der Waals surface area contributed by atoms with E-state index in [9.17, 15) is 0 Å². The van der Waals surface area contributed by atoms with Crippen molar-refractivity contribution in [1.29, 1.82) is 0 Å². The Kier molecular flexibility index (Phi) is 5.36. The van der Waals surface area contributed by atoms with Gasteiger partial charge < -0.3 is 11.1 Å². The van der Waals surface area contributed by atoms with Gasteiger partial charge >= 0.3 is 0 Å². The molecule has 1 aliphatic heterocycles. The van der Waals surface area contributed by atoms with E-state index in [4.69, 9.17) is 10.7 Å². The zero-order chi connectivity index (χ0) is 23.4. The van der Waals surface area contributed by atoms with Gasteiger partial charge in [-0.3, -0.25) is 4.57 Å². The molecule has 2 aliphatic rings. The standard InChI is InChI=1S/C29H24N6.ClH/c30-29(15-6-16-29)22-13-11-20(12-14-22)27-33-34-28-23-9-4-5-10-24(23)32-26-25(35(27)28)17-21(18-31-26)19-7-2-1-3-8-19;/h1-5,7-14,17-18H,6,15-16,30H2,(H,31,32);1H. The van der Waals surface area contributed by atoms with E-state index in [2.05, 4.69) is 68.6 Å². The number of nitrogens with zero attached hydrogens (tertiary/aromatic N) is 4. The highest BCUT2D eigenvalue weighted by Gasteiger charge is 2.34. The van der Waals surface area contributed by atoms with Crippen molar-refractivity contribution >= 4 is 23.9 Å². The number of halogens is 1. The van der Waals surface area contributed by atoms with E-state index in [1.165, 1.54) is 12.0 Å². The topological polar surface area (TPSA) is 81.7 Å². The molecule has 3 aromatic carbocycles. The Morgan fingerprint density at radius 1 is 0.778 bits per heavy atom. The van der Waals surface area contributed by atoms with Crippen molar-refractivity contribution in [3.63, 3.8) is 0 Å². The Hall–Kier alpha value is -4.00. The van der Waals surface area contributed by atoms with Crippen LogP contribution in [0.2, 0.25) is 0 Å². The highest BCUT2D eigenvalue weighted by Crippen LogP contribution is 2.42. The molecule has 6 nitrogen and oxygen atoms in total. The van der Waals surface area contributed by atoms with Gasteiger partial charge in [0.05, 0.1) is 11.4 Å². The van der Waals surface area contributed by atoms with Crippen LogP contribution in [0.4, 0.5) is 11.5 Å². The van der Waals surface area contributed by atoms with Gasteiger partial charge in [0.2, 0.25) is 0 Å². The van der Waals surface area contributed by atoms with E-state index in [0.29, 0.717) is 0 Å². The molecular weight excluding hydrogens is 468 g/mol. The molecule has 178 valence electrons. The number of nitrogens with two attached hydrogens (primary N) is 1. The maximum atomic E-state index is 6.56. The van der Waals surface area contributed by atoms with Crippen molar-refractivity contribution < 1.29 is 0 Å². The van der Waals surface area contributed by atoms with Gasteiger partial charge in [0, 0.05) is 28.4 Å². The molecule has 1 saturated carbocycles. The molecule has 0 atom stereocenters. The van der Waals surface area contributed by atoms with E-state index in [0.717, 1.165) is 63.9 Å². The van der Waals surface area contributed by atoms with Crippen LogP contribution in [0, 0.1) is 0 Å². The van der Waals surface area contributed by atoms with E-state index < -0.39 is 0 Å². The van der Waals surface area contributed by atoms with E-state index >= 15 is 0 Å². The number of rotatable bonds is 3. The molecule has 1 aliphatic carbocycles. The minimum absolute atomic E-state index is 0. The molecule has 7 heteroatoms. The second-order valence-corrected chi connectivity index (χ2v) is 9.40. The third-order valence-corrected chi connectivity index (χ3v) is 7.26. The summed E-state index contributed by atoms with van der Waals surface area (Å²) in [6.45, 7) is 0. The molecule has 0 amide bonds. The maximum Gasteiger partial charge on any atom is 0.171 e. The zero-order valence-corrected chi connectivity index (χ0v) is 20.4. The summed E-state index contributed by atoms with van der Waals surface area (Å²) in [6, 6.07) is 29.1. The Bertz CT molecular complexity index is 1560. The van der Waals surface area contributed by atoms with Gasteiger partial charge in [-0.05, 0) is 48.6 Å². The average molecular weight is 493 g/mol. The van der Waals surface area contributed by atoms with Gasteiger partial charge in [-0.15, -0.1) is 22.6 Å². The molecule has 0 bridgehead atoms. The Labute approximate surface area is 215 Å². The van der Waals surface area contributed by atoms with Crippen LogP contribution in [0.25, 0.3) is 39.6 Å². The zero-order valence-electron chi connectivity index (χ0n) is 19.6. The van der Waals surface area contributed by atoms with Crippen LogP contribution in [0.5, 0.6) is 0 Å². The molecule has 5 aromatic rings. The first-order chi connectivity index (χ1) is 17.2. The summed E-state index contributed by atoms with van der Waals surface area (Å²) in [4.78, 5) is 4.83. The summed E-state index contributed by atoms with van der Waals surface area (Å²) in [6.07, 6.45) is 5.18. The van der Waals surface area contributed by atoms with E-state index in [-0.39, 0.29) is 17.9 Å². The quantitative estimate of drug-likeness (QED) is 0.295. The first-order valence-electron chi connectivity index (χ1n) is 12.0. The predicted octanol–water partition coefficient (Wildman–Crippen LogP) is 6.48. The number of hydrogen-bond donors (Lipinski definition) is 2. The van der Waals surface area contributed by atoms with Crippen LogP contribution in [0.15, 0.2) is 91.1 Å². The Morgan fingerprint density at radius 3 is 2.25 bits per heavy atom. The van der Waals surface area contributed by atoms with Crippen molar-refractivity contribution in [3.8, 4) is 39.6 Å². The van der Waals surface area contributed by atoms with Gasteiger partial charge in [-0.1, -0.05) is 66.7 Å². The van der Waals surface area contributed by atoms with E-state index in [1.54, 1.807) is 0 Å². The fourth-order valence-electron chi connectivity index (χ4n) is 5.09. The van der Waals surface area contributed by atoms with Crippen molar-refractivity contribution in [3.05, 3.63) is 96.7 Å². The smallest absolute Gasteiger partial charge is 0.171 e. The lowest BCUT2D eigenvalue weighted by molar-refractivity contribution is 0.253. The molecule has 36 heavy (non-hydrogen) atoms. The predicted molar refractivity (Wildman–Crippen MR) is 146 cm³/mol. The monoisotopic (exact) mass is 492 g/mol. The van der Waals surface area contributed by atoms with Gasteiger partial charge in [-0.25, -0.2) is 4.98 Å². The third kappa shape index (κ3) is 3.49. The Morgan fingerprint density at radius 2 is 1.50 bits per heavy atom. The fourth-order valence-corrected chi connectivity index (χ4v) is 5.09. The SMILES string of the molecule is Cl.NC1(c2ccc(-c3nnc4n3-c3cc(-c5ccccc5)cnc3Nc3ccccc3-4)cc2)CCC1. The molecule has 0 spiro atoms. The Balaban J connectivity index is 0.00000240. The van der Waals surface area contributed by atoms with Crippen LogP contribution in [-0.4, -0.2) is 19.7 Å². The third-order valence-electron chi connectivity index (χ3n) is 7.26. The molecule has 7 rings (SSSR count). The van der Waals surface area contributed by atoms with E-state index in [1.807, 2.05) is 42.6 Å². The maximum absolute atomic E-state index is 6.56. The molecule has 0 unspecified atom stereocenters. The first kappa shape index (κ1) is 22.5. The van der Waals surface area contributed by atoms with Crippen LogP contribution in [-0.2, 0) is 5.54 Å². The fraction of sp³-hybridized carbons (Fsp3) is 0.138. The average Bonchev–Trinajstić information content (AvgIpc) is 3.28. The second-order valence-electron chi connectivity index (χ2n) is 9.40. The highest BCUT2D eigenvalue weighted by molar-refractivity contribution is 5.86. The highest BCUT2D eigenvalue weighted by atomic mass is 35.5. The lowest BCUT2D eigenvalue weighted by Crippen LogP contribution is -2.43. The molecule has 3 heterocycles. The van der Waals surface area contributed by atoms with Crippen LogP contribution in [0.3, 0.4) is 0 Å². The van der Waals surface area contributed by atoms with Crippen molar-refractivity contribution in [2.45, 2.75) is 24.8 Å². The lowest BCUT2D eigenvalue weighted by Gasteiger charge is -2.38. The van der Waals surface area contributed by atoms with Gasteiger partial charge in [0.1, 0.15) is 0 Å². The largest absolute Gasteiger partial charge is 0.338 e. The molecular formula is C29H25ClN6. The minimum Gasteiger partial charge on any atom is -0.338 e. The molecule has 0 radical (unpaired) electrons. The van der Waals surface area contributed by atoms with Crippen molar-refractivity contribution in [2.75, 3.05) is 5.32 Å². The summed E-state index contributed by atoms with van der Waals surface area (Å²) in [5.74, 6) is 2.33. The van der Waals surface area contributed by atoms with Crippen LogP contribution < -0.4 is 11.1 Å². The first-order valence-corrected chi connectivity index (χ1v) is 12.0. The molecule has 0 saturated heterocycles. The molecule has 3 N–H and O–H groups in total. The number of para-hydroxylation sites is 1. The van der Waals surface area contributed by atoms with Crippen LogP contribution in [0.1, 0.15) is 24.8 Å². The number of anilines is 2. The van der Waals surface area contributed by atoms with Crippen molar-refractivity contribution in [1.82, 2.24) is 19.7 Å². The number of fused-ring (bicyclic) bond motifs is 5. The lowest BCUT2D eigenvalue weighted by atomic mass is 9.73. The minimum atomic E-state index is -0.190. The molecule has 1 fully saturated rings. The number of pyridine rings is 1. The van der Waals surface area contributed by atoms with Gasteiger partial charge in [0.25, 0.3) is 0 Å². The summed E-state index contributed by atoms with van der Waals surface area (Å²) < 4.78 is 2.12.